The number of hydrogen-bond acceptors (Lipinski definition) is 4. The molecule has 3 rings (SSSR count). The first-order valence-corrected chi connectivity index (χ1v) is 10.4. The molecule has 0 saturated carbocycles. The first-order chi connectivity index (χ1) is 13.9. The van der Waals surface area contributed by atoms with Crippen LogP contribution in [0.4, 0.5) is 5.69 Å². The third-order valence-electron chi connectivity index (χ3n) is 5.37. The molecule has 0 unspecified atom stereocenters. The Morgan fingerprint density at radius 2 is 1.48 bits per heavy atom. The summed E-state index contributed by atoms with van der Waals surface area (Å²) in [4.78, 5) is 4.72. The average Bonchev–Trinajstić information content (AvgIpc) is 2.68. The first-order valence-electron chi connectivity index (χ1n) is 9.97. The Hall–Kier alpha value is -2.31. The number of benzene rings is 2. The van der Waals surface area contributed by atoms with Crippen LogP contribution in [0.3, 0.4) is 0 Å². The van der Waals surface area contributed by atoms with Crippen molar-refractivity contribution in [3.8, 4) is 11.5 Å². The van der Waals surface area contributed by atoms with Crippen molar-refractivity contribution < 1.29 is 9.47 Å². The van der Waals surface area contributed by atoms with Crippen molar-refractivity contribution in [1.29, 1.82) is 0 Å². The molecule has 5 nitrogen and oxygen atoms in total. The molecule has 1 saturated heterocycles. The maximum absolute atomic E-state index is 5.66. The van der Waals surface area contributed by atoms with Crippen molar-refractivity contribution >= 4 is 23.0 Å². The molecule has 2 aromatic rings. The zero-order valence-electron chi connectivity index (χ0n) is 18.0. The highest BCUT2D eigenvalue weighted by Gasteiger charge is 2.20. The maximum atomic E-state index is 5.66. The van der Waals surface area contributed by atoms with Gasteiger partial charge < -0.3 is 19.7 Å². The molecule has 1 heterocycles. The number of thiocarbonyl (C=S) groups is 1. The van der Waals surface area contributed by atoms with Crippen molar-refractivity contribution in [1.82, 2.24) is 9.80 Å². The fourth-order valence-corrected chi connectivity index (χ4v) is 4.09. The normalized spacial score (nSPS) is 14.6. The molecule has 0 radical (unpaired) electrons. The molecule has 0 aromatic heterocycles. The first kappa shape index (κ1) is 21.4. The molecule has 0 atom stereocenters. The summed E-state index contributed by atoms with van der Waals surface area (Å²) in [7, 11) is 3.35. The lowest BCUT2D eigenvalue weighted by Gasteiger charge is -2.36. The van der Waals surface area contributed by atoms with Gasteiger partial charge in [-0.3, -0.25) is 4.90 Å². The molecular formula is C23H31N3O2S. The molecule has 0 spiro atoms. The molecule has 0 aliphatic carbocycles. The van der Waals surface area contributed by atoms with Gasteiger partial charge in [-0.25, -0.2) is 0 Å². The number of piperazine rings is 1. The van der Waals surface area contributed by atoms with Crippen LogP contribution in [0, 0.1) is 20.8 Å². The minimum absolute atomic E-state index is 0.779. The molecule has 1 N–H and O–H groups in total. The molecule has 6 heteroatoms. The van der Waals surface area contributed by atoms with E-state index in [1.807, 2.05) is 6.07 Å². The smallest absolute Gasteiger partial charge is 0.173 e. The fraction of sp³-hybridized carbons (Fsp3) is 0.435. The molecule has 1 aliphatic heterocycles. The van der Waals surface area contributed by atoms with Crippen LogP contribution in [0.5, 0.6) is 11.5 Å². The van der Waals surface area contributed by atoms with E-state index in [9.17, 15) is 0 Å². The lowest BCUT2D eigenvalue weighted by Crippen LogP contribution is -2.49. The Balaban J connectivity index is 1.57. The third kappa shape index (κ3) is 5.40. The monoisotopic (exact) mass is 413 g/mol. The van der Waals surface area contributed by atoms with E-state index in [-0.39, 0.29) is 0 Å². The van der Waals surface area contributed by atoms with E-state index in [0.717, 1.165) is 55.0 Å². The Morgan fingerprint density at radius 1 is 0.897 bits per heavy atom. The Morgan fingerprint density at radius 3 is 2.07 bits per heavy atom. The lowest BCUT2D eigenvalue weighted by molar-refractivity contribution is 0.176. The van der Waals surface area contributed by atoms with Crippen LogP contribution in [0.1, 0.15) is 22.3 Å². The van der Waals surface area contributed by atoms with E-state index in [1.165, 1.54) is 22.3 Å². The molecular weight excluding hydrogens is 382 g/mol. The number of aryl methyl sites for hydroxylation is 3. The van der Waals surface area contributed by atoms with Gasteiger partial charge in [-0.2, -0.15) is 0 Å². The molecule has 0 bridgehead atoms. The van der Waals surface area contributed by atoms with Crippen molar-refractivity contribution in [3.63, 3.8) is 0 Å². The Kier molecular flexibility index (Phi) is 6.98. The van der Waals surface area contributed by atoms with E-state index >= 15 is 0 Å². The largest absolute Gasteiger partial charge is 0.493 e. The van der Waals surface area contributed by atoms with Gasteiger partial charge in [0.05, 0.1) is 14.2 Å². The van der Waals surface area contributed by atoms with E-state index < -0.39 is 0 Å². The van der Waals surface area contributed by atoms with Crippen LogP contribution in [0.15, 0.2) is 30.3 Å². The van der Waals surface area contributed by atoms with Gasteiger partial charge in [0.15, 0.2) is 16.6 Å². The van der Waals surface area contributed by atoms with Crippen LogP contribution in [-0.4, -0.2) is 55.3 Å². The van der Waals surface area contributed by atoms with Crippen molar-refractivity contribution in [2.24, 2.45) is 0 Å². The fourth-order valence-electron chi connectivity index (χ4n) is 3.79. The molecule has 2 aromatic carbocycles. The van der Waals surface area contributed by atoms with Gasteiger partial charge in [0.1, 0.15) is 0 Å². The number of methoxy groups -OCH3 is 2. The molecule has 1 fully saturated rings. The summed E-state index contributed by atoms with van der Waals surface area (Å²) in [6.45, 7) is 11.0. The van der Waals surface area contributed by atoms with Gasteiger partial charge in [0, 0.05) is 38.4 Å². The third-order valence-corrected chi connectivity index (χ3v) is 5.73. The predicted molar refractivity (Wildman–Crippen MR) is 123 cm³/mol. The van der Waals surface area contributed by atoms with Crippen molar-refractivity contribution in [2.45, 2.75) is 27.3 Å². The van der Waals surface area contributed by atoms with E-state index in [4.69, 9.17) is 21.7 Å². The van der Waals surface area contributed by atoms with Gasteiger partial charge in [0.25, 0.3) is 0 Å². The van der Waals surface area contributed by atoms with Crippen molar-refractivity contribution in [2.75, 3.05) is 45.7 Å². The number of nitrogens with zero attached hydrogens (tertiary/aromatic N) is 2. The summed E-state index contributed by atoms with van der Waals surface area (Å²) >= 11 is 5.66. The summed E-state index contributed by atoms with van der Waals surface area (Å²) < 4.78 is 10.9. The van der Waals surface area contributed by atoms with Gasteiger partial charge in [0.2, 0.25) is 0 Å². The summed E-state index contributed by atoms with van der Waals surface area (Å²) in [6, 6.07) is 10.6. The quantitative estimate of drug-likeness (QED) is 0.743. The Bertz CT molecular complexity index is 856. The highest BCUT2D eigenvalue weighted by molar-refractivity contribution is 7.80. The molecule has 0 amide bonds. The second kappa shape index (κ2) is 9.46. The van der Waals surface area contributed by atoms with Crippen LogP contribution in [0.2, 0.25) is 0 Å². The summed E-state index contributed by atoms with van der Waals surface area (Å²) in [6.07, 6.45) is 0. The van der Waals surface area contributed by atoms with Crippen molar-refractivity contribution in [3.05, 3.63) is 52.6 Å². The average molecular weight is 414 g/mol. The summed E-state index contributed by atoms with van der Waals surface area (Å²) in [5.41, 5.74) is 6.04. The lowest BCUT2D eigenvalue weighted by atomic mass is 10.1. The van der Waals surface area contributed by atoms with Crippen LogP contribution in [0.25, 0.3) is 0 Å². The SMILES string of the molecule is COc1cc(C)c(CN2CCN(C(=S)Nc3cc(C)cc(C)c3)CC2)cc1OC. The minimum Gasteiger partial charge on any atom is -0.493 e. The second-order valence-electron chi connectivity index (χ2n) is 7.70. The van der Waals surface area contributed by atoms with Gasteiger partial charge >= 0.3 is 0 Å². The number of ether oxygens (including phenoxy) is 2. The predicted octanol–water partition coefficient (Wildman–Crippen LogP) is 4.14. The molecule has 1 aliphatic rings. The molecule has 29 heavy (non-hydrogen) atoms. The van der Waals surface area contributed by atoms with E-state index in [0.29, 0.717) is 0 Å². The number of nitrogens with one attached hydrogen (secondary N) is 1. The van der Waals surface area contributed by atoms with Crippen LogP contribution in [-0.2, 0) is 6.54 Å². The standard InChI is InChI=1S/C23H31N3O2S/c1-16-10-17(2)12-20(11-16)24-23(29)26-8-6-25(7-9-26)15-19-14-22(28-5)21(27-4)13-18(19)3/h10-14H,6-9,15H2,1-5H3,(H,24,29). The second-order valence-corrected chi connectivity index (χ2v) is 8.09. The number of hydrogen-bond donors (Lipinski definition) is 1. The highest BCUT2D eigenvalue weighted by Crippen LogP contribution is 2.31. The minimum atomic E-state index is 0.779. The van der Waals surface area contributed by atoms with Crippen LogP contribution >= 0.6 is 12.2 Å². The zero-order chi connectivity index (χ0) is 21.0. The van der Waals surface area contributed by atoms with Gasteiger partial charge in [-0.15, -0.1) is 0 Å². The summed E-state index contributed by atoms with van der Waals surface area (Å²) in [5.74, 6) is 1.56. The topological polar surface area (TPSA) is 37.0 Å². The Labute approximate surface area is 179 Å². The van der Waals surface area contributed by atoms with Gasteiger partial charge in [-0.1, -0.05) is 6.07 Å². The van der Waals surface area contributed by atoms with E-state index in [2.05, 4.69) is 60.2 Å². The van der Waals surface area contributed by atoms with Gasteiger partial charge in [-0.05, 0) is 79.5 Å². The number of anilines is 1. The van der Waals surface area contributed by atoms with Crippen LogP contribution < -0.4 is 14.8 Å². The zero-order valence-corrected chi connectivity index (χ0v) is 18.9. The van der Waals surface area contributed by atoms with E-state index in [1.54, 1.807) is 14.2 Å². The maximum Gasteiger partial charge on any atom is 0.173 e. The number of rotatable bonds is 5. The highest BCUT2D eigenvalue weighted by atomic mass is 32.1. The molecule has 156 valence electrons. The summed E-state index contributed by atoms with van der Waals surface area (Å²) in [5, 5.41) is 4.21.